The summed E-state index contributed by atoms with van der Waals surface area (Å²) in [6.45, 7) is 0.351. The van der Waals surface area contributed by atoms with Crippen LogP contribution < -0.4 is 4.74 Å². The van der Waals surface area contributed by atoms with Crippen molar-refractivity contribution in [1.82, 2.24) is 9.80 Å². The summed E-state index contributed by atoms with van der Waals surface area (Å²) in [6.07, 6.45) is 6.44. The molecule has 170 valence electrons. The smallest absolute Gasteiger partial charge is 0.335 e. The SMILES string of the molecule is CN(C)C(=O)C(=O)N=C1CCCN2C(=O)COc3ccccc3C3CCC(CC3)O/C=C/12. The second-order valence-electron chi connectivity index (χ2n) is 8.65. The summed E-state index contributed by atoms with van der Waals surface area (Å²) in [5.74, 6) is -0.671. The molecule has 0 radical (unpaired) electrons. The van der Waals surface area contributed by atoms with Crippen molar-refractivity contribution >= 4 is 23.4 Å². The van der Waals surface area contributed by atoms with Crippen LogP contribution in [0, 0.1) is 0 Å². The van der Waals surface area contributed by atoms with Crippen LogP contribution in [-0.4, -0.2) is 66.6 Å². The van der Waals surface area contributed by atoms with Crippen LogP contribution in [0.15, 0.2) is 41.2 Å². The third-order valence-electron chi connectivity index (χ3n) is 6.26. The number of nitrogens with zero attached hydrogens (tertiary/aromatic N) is 3. The Bertz CT molecular complexity index is 960. The van der Waals surface area contributed by atoms with E-state index in [9.17, 15) is 14.4 Å². The van der Waals surface area contributed by atoms with Gasteiger partial charge < -0.3 is 19.3 Å². The maximum absolute atomic E-state index is 13.1. The van der Waals surface area contributed by atoms with Crippen LogP contribution in [0.25, 0.3) is 0 Å². The highest BCUT2D eigenvalue weighted by molar-refractivity contribution is 6.37. The molecule has 4 aliphatic rings. The highest BCUT2D eigenvalue weighted by Crippen LogP contribution is 2.38. The molecule has 1 aliphatic carbocycles. The number of benzene rings is 1. The zero-order valence-corrected chi connectivity index (χ0v) is 18.6. The Morgan fingerprint density at radius 1 is 1.12 bits per heavy atom. The van der Waals surface area contributed by atoms with Crippen molar-refractivity contribution in [2.24, 2.45) is 4.99 Å². The van der Waals surface area contributed by atoms with Crippen molar-refractivity contribution < 1.29 is 23.9 Å². The minimum Gasteiger partial charge on any atom is -0.496 e. The molecule has 1 aromatic carbocycles. The predicted molar refractivity (Wildman–Crippen MR) is 118 cm³/mol. The van der Waals surface area contributed by atoms with Gasteiger partial charge in [-0.25, -0.2) is 4.99 Å². The Hall–Kier alpha value is -3.16. The number of carbonyl (C=O) groups is 3. The van der Waals surface area contributed by atoms with E-state index >= 15 is 0 Å². The van der Waals surface area contributed by atoms with Gasteiger partial charge in [-0.2, -0.15) is 0 Å². The van der Waals surface area contributed by atoms with E-state index in [0.717, 1.165) is 37.0 Å². The fraction of sp³-hybridized carbons (Fsp3) is 0.500. The second-order valence-corrected chi connectivity index (χ2v) is 8.65. The first kappa shape index (κ1) is 22.0. The van der Waals surface area contributed by atoms with Crippen LogP contribution in [0.3, 0.4) is 0 Å². The van der Waals surface area contributed by atoms with Gasteiger partial charge in [-0.1, -0.05) is 18.2 Å². The van der Waals surface area contributed by atoms with E-state index in [1.807, 2.05) is 18.2 Å². The lowest BCUT2D eigenvalue weighted by Gasteiger charge is -2.31. The molecule has 3 amide bonds. The molecule has 8 nitrogen and oxygen atoms in total. The number of allylic oxidation sites excluding steroid dienone is 1. The number of aliphatic imine (C=N–C) groups is 1. The number of rotatable bonds is 0. The number of likely N-dealkylation sites (N-methyl/N-ethyl adjacent to an activating group) is 1. The molecule has 32 heavy (non-hydrogen) atoms. The van der Waals surface area contributed by atoms with E-state index in [1.54, 1.807) is 11.2 Å². The van der Waals surface area contributed by atoms with Gasteiger partial charge in [0.25, 0.3) is 5.91 Å². The van der Waals surface area contributed by atoms with Crippen LogP contribution in [-0.2, 0) is 19.1 Å². The first-order valence-corrected chi connectivity index (χ1v) is 11.2. The molecular weight excluding hydrogens is 410 g/mol. The normalized spacial score (nSPS) is 26.2. The summed E-state index contributed by atoms with van der Waals surface area (Å²) in [5, 5.41) is 0. The molecule has 0 N–H and O–H groups in total. The van der Waals surface area contributed by atoms with Crippen molar-refractivity contribution in [1.29, 1.82) is 0 Å². The fourth-order valence-electron chi connectivity index (χ4n) is 4.51. The third kappa shape index (κ3) is 4.69. The fourth-order valence-corrected chi connectivity index (χ4v) is 4.51. The van der Waals surface area contributed by atoms with E-state index in [2.05, 4.69) is 11.1 Å². The maximum atomic E-state index is 13.1. The van der Waals surface area contributed by atoms with Gasteiger partial charge in [0, 0.05) is 20.6 Å². The van der Waals surface area contributed by atoms with E-state index in [4.69, 9.17) is 9.47 Å². The quantitative estimate of drug-likeness (QED) is 0.580. The zero-order valence-electron chi connectivity index (χ0n) is 18.6. The van der Waals surface area contributed by atoms with Crippen molar-refractivity contribution in [3.8, 4) is 5.75 Å². The summed E-state index contributed by atoms with van der Waals surface area (Å²) in [6, 6.07) is 7.91. The molecule has 3 heterocycles. The molecule has 0 spiro atoms. The summed E-state index contributed by atoms with van der Waals surface area (Å²) in [4.78, 5) is 44.3. The number of para-hydroxylation sites is 1. The molecule has 8 heteroatoms. The highest BCUT2D eigenvalue weighted by atomic mass is 16.5. The number of piperidine rings is 1. The first-order chi connectivity index (χ1) is 15.4. The molecule has 1 saturated carbocycles. The molecule has 2 bridgehead atoms. The van der Waals surface area contributed by atoms with Gasteiger partial charge in [0.15, 0.2) is 6.61 Å². The number of carbonyl (C=O) groups excluding carboxylic acids is 3. The van der Waals surface area contributed by atoms with Gasteiger partial charge in [-0.3, -0.25) is 14.4 Å². The lowest BCUT2D eigenvalue weighted by atomic mass is 9.82. The van der Waals surface area contributed by atoms with Gasteiger partial charge >= 0.3 is 11.8 Å². The predicted octanol–water partition coefficient (Wildman–Crippen LogP) is 2.64. The Morgan fingerprint density at radius 3 is 2.62 bits per heavy atom. The number of fused-ring (bicyclic) bond motifs is 5. The van der Waals surface area contributed by atoms with Crippen LogP contribution in [0.1, 0.15) is 50.0 Å². The number of ether oxygens (including phenoxy) is 2. The van der Waals surface area contributed by atoms with Gasteiger partial charge in [0.1, 0.15) is 17.7 Å². The Kier molecular flexibility index (Phi) is 6.58. The van der Waals surface area contributed by atoms with Crippen molar-refractivity contribution in [3.05, 3.63) is 41.8 Å². The lowest BCUT2D eigenvalue weighted by Crippen LogP contribution is -2.41. The third-order valence-corrected chi connectivity index (χ3v) is 6.26. The Labute approximate surface area is 187 Å². The Balaban J connectivity index is 1.66. The number of amides is 3. The number of hydrogen-bond acceptors (Lipinski definition) is 5. The van der Waals surface area contributed by atoms with E-state index in [1.165, 1.54) is 19.0 Å². The summed E-state index contributed by atoms with van der Waals surface area (Å²) >= 11 is 0. The molecular formula is C24H29N3O5. The highest BCUT2D eigenvalue weighted by Gasteiger charge is 2.31. The minimum absolute atomic E-state index is 0.0341. The van der Waals surface area contributed by atoms with Crippen molar-refractivity contribution in [2.75, 3.05) is 27.2 Å². The monoisotopic (exact) mass is 439 g/mol. The van der Waals surface area contributed by atoms with E-state index in [0.29, 0.717) is 36.7 Å². The average molecular weight is 440 g/mol. The van der Waals surface area contributed by atoms with Crippen LogP contribution >= 0.6 is 0 Å². The lowest BCUT2D eigenvalue weighted by molar-refractivity contribution is -0.142. The minimum atomic E-state index is -0.853. The van der Waals surface area contributed by atoms with Crippen LogP contribution in [0.2, 0.25) is 0 Å². The molecule has 1 aromatic rings. The first-order valence-electron chi connectivity index (χ1n) is 11.2. The molecule has 2 fully saturated rings. The largest absolute Gasteiger partial charge is 0.496 e. The molecule has 0 aromatic heterocycles. The maximum Gasteiger partial charge on any atom is 0.335 e. The van der Waals surface area contributed by atoms with Crippen molar-refractivity contribution in [2.45, 2.75) is 50.5 Å². The zero-order chi connectivity index (χ0) is 22.7. The molecule has 3 aliphatic heterocycles. The summed E-state index contributed by atoms with van der Waals surface area (Å²) in [7, 11) is 3.01. The Morgan fingerprint density at radius 2 is 1.88 bits per heavy atom. The summed E-state index contributed by atoms with van der Waals surface area (Å²) in [5.41, 5.74) is 1.98. The van der Waals surface area contributed by atoms with E-state index < -0.39 is 11.8 Å². The van der Waals surface area contributed by atoms with Gasteiger partial charge in [-0.05, 0) is 56.1 Å². The standard InChI is InChI=1S/C24H29N3O5/c1-26(2)24(30)23(29)25-19-7-5-13-27-20(19)14-31-17-11-9-16(10-12-17)18-6-3-4-8-21(18)32-15-22(27)28/h3-4,6,8,14,16-17H,5,7,9-13,15H2,1-2H3/b20-14-,25-19?. The van der Waals surface area contributed by atoms with E-state index in [-0.39, 0.29) is 18.6 Å². The molecule has 5 rings (SSSR count). The average Bonchev–Trinajstić information content (AvgIpc) is 2.82. The van der Waals surface area contributed by atoms with Gasteiger partial charge in [0.05, 0.1) is 11.8 Å². The van der Waals surface area contributed by atoms with Gasteiger partial charge in [-0.15, -0.1) is 0 Å². The second kappa shape index (κ2) is 9.54. The van der Waals surface area contributed by atoms with Gasteiger partial charge in [0.2, 0.25) is 0 Å². The molecule has 1 saturated heterocycles. The van der Waals surface area contributed by atoms with Crippen LogP contribution in [0.4, 0.5) is 0 Å². The summed E-state index contributed by atoms with van der Waals surface area (Å²) < 4.78 is 12.1. The van der Waals surface area contributed by atoms with Crippen LogP contribution in [0.5, 0.6) is 5.75 Å². The van der Waals surface area contributed by atoms with Crippen molar-refractivity contribution in [3.63, 3.8) is 0 Å². The molecule has 0 atom stereocenters. The topological polar surface area (TPSA) is 88.5 Å². The number of hydrogen-bond donors (Lipinski definition) is 0. The molecule has 0 unspecified atom stereocenters.